The molecule has 3 N–H and O–H groups in total. The summed E-state index contributed by atoms with van der Waals surface area (Å²) in [5.41, 5.74) is 6.33. The van der Waals surface area contributed by atoms with Crippen LogP contribution in [0.3, 0.4) is 0 Å². The predicted molar refractivity (Wildman–Crippen MR) is 93.3 cm³/mol. The van der Waals surface area contributed by atoms with Gasteiger partial charge in [0.1, 0.15) is 6.42 Å². The molecule has 0 saturated heterocycles. The zero-order chi connectivity index (χ0) is 18.4. The molecule has 0 unspecified atom stereocenters. The molecule has 1 aliphatic heterocycles. The van der Waals surface area contributed by atoms with Gasteiger partial charge in [-0.25, -0.2) is 0 Å². The number of carboxylic acid groups (broad SMARTS) is 2. The Hall–Kier alpha value is -2.67. The minimum atomic E-state index is -1.31. The molecule has 25 heavy (non-hydrogen) atoms. The summed E-state index contributed by atoms with van der Waals surface area (Å²) in [5, 5.41) is 23.1. The maximum atomic E-state index is 9.43. The van der Waals surface area contributed by atoms with Gasteiger partial charge in [0.2, 0.25) is 0 Å². The molecule has 0 saturated carbocycles. The fourth-order valence-electron chi connectivity index (χ4n) is 2.70. The molecule has 3 rings (SSSR count). The largest absolute Gasteiger partial charge is 0.481 e. The zero-order valence-corrected chi connectivity index (χ0v) is 14.5. The summed E-state index contributed by atoms with van der Waals surface area (Å²) in [6, 6.07) is 8.63. The Balaban J connectivity index is 0.000000277. The smallest absolute Gasteiger partial charge is 0.314 e. The molecule has 1 aliphatic rings. The van der Waals surface area contributed by atoms with Crippen LogP contribution in [-0.4, -0.2) is 50.3 Å². The first-order valence-electron chi connectivity index (χ1n) is 8.19. The first-order valence-corrected chi connectivity index (χ1v) is 8.19. The van der Waals surface area contributed by atoms with Gasteiger partial charge < -0.3 is 10.2 Å². The molecule has 0 bridgehead atoms. The van der Waals surface area contributed by atoms with Gasteiger partial charge in [0.05, 0.1) is 5.69 Å². The number of aliphatic carboxylic acids is 2. The van der Waals surface area contributed by atoms with Gasteiger partial charge in [0, 0.05) is 36.3 Å². The van der Waals surface area contributed by atoms with E-state index in [1.807, 2.05) is 0 Å². The van der Waals surface area contributed by atoms with Crippen LogP contribution in [0.2, 0.25) is 0 Å². The van der Waals surface area contributed by atoms with Crippen molar-refractivity contribution in [1.29, 1.82) is 0 Å². The predicted octanol–water partition coefficient (Wildman–Crippen LogP) is 2.31. The lowest BCUT2D eigenvalue weighted by atomic mass is 10.0. The summed E-state index contributed by atoms with van der Waals surface area (Å²) in [7, 11) is 0. The summed E-state index contributed by atoms with van der Waals surface area (Å²) in [6.07, 6.45) is 0.280. The van der Waals surface area contributed by atoms with Crippen molar-refractivity contribution in [3.8, 4) is 11.3 Å². The van der Waals surface area contributed by atoms with Crippen molar-refractivity contribution in [2.75, 3.05) is 13.1 Å². The van der Waals surface area contributed by atoms with Gasteiger partial charge in [-0.15, -0.1) is 0 Å². The van der Waals surface area contributed by atoms with Crippen molar-refractivity contribution >= 4 is 11.9 Å². The minimum Gasteiger partial charge on any atom is -0.481 e. The highest BCUT2D eigenvalue weighted by molar-refractivity contribution is 5.88. The van der Waals surface area contributed by atoms with Crippen molar-refractivity contribution in [2.24, 2.45) is 0 Å². The average Bonchev–Trinajstić information content (AvgIpc) is 2.98. The maximum absolute atomic E-state index is 9.43. The van der Waals surface area contributed by atoms with Crippen LogP contribution in [-0.2, 0) is 22.6 Å². The van der Waals surface area contributed by atoms with E-state index in [4.69, 9.17) is 10.2 Å². The summed E-state index contributed by atoms with van der Waals surface area (Å²) in [6.45, 7) is 7.60. The molecule has 1 aromatic heterocycles. The Kier molecular flexibility index (Phi) is 6.30. The van der Waals surface area contributed by atoms with Gasteiger partial charge in [-0.1, -0.05) is 36.8 Å². The fourth-order valence-corrected chi connectivity index (χ4v) is 2.70. The van der Waals surface area contributed by atoms with E-state index in [0.717, 1.165) is 31.7 Å². The number of benzene rings is 1. The van der Waals surface area contributed by atoms with Gasteiger partial charge in [-0.3, -0.25) is 19.6 Å². The first kappa shape index (κ1) is 18.7. The van der Waals surface area contributed by atoms with Gasteiger partial charge in [0.15, 0.2) is 0 Å². The number of nitrogens with zero attached hydrogens (tertiary/aromatic N) is 2. The number of aryl methyl sites for hydroxylation is 1. The molecule has 2 aromatic rings. The average molecular weight is 345 g/mol. The third-order valence-electron chi connectivity index (χ3n) is 4.09. The number of fused-ring (bicyclic) bond motifs is 1. The Bertz CT molecular complexity index is 725. The maximum Gasteiger partial charge on any atom is 0.314 e. The quantitative estimate of drug-likeness (QED) is 0.734. The number of hydrogen-bond acceptors (Lipinski definition) is 4. The second kappa shape index (κ2) is 8.43. The molecule has 7 nitrogen and oxygen atoms in total. The number of aromatic nitrogens is 2. The van der Waals surface area contributed by atoms with E-state index in [0.29, 0.717) is 0 Å². The van der Waals surface area contributed by atoms with Crippen molar-refractivity contribution in [3.05, 3.63) is 41.1 Å². The van der Waals surface area contributed by atoms with E-state index in [2.05, 4.69) is 53.2 Å². The first-order chi connectivity index (χ1) is 11.9. The van der Waals surface area contributed by atoms with Crippen LogP contribution < -0.4 is 0 Å². The Morgan fingerprint density at radius 2 is 1.84 bits per heavy atom. The number of rotatable bonds is 4. The second-order valence-corrected chi connectivity index (χ2v) is 5.98. The Labute approximate surface area is 146 Å². The normalized spacial score (nSPS) is 13.5. The van der Waals surface area contributed by atoms with Gasteiger partial charge in [0.25, 0.3) is 0 Å². The van der Waals surface area contributed by atoms with Crippen LogP contribution in [0.1, 0.15) is 30.2 Å². The Morgan fingerprint density at radius 1 is 1.20 bits per heavy atom. The molecule has 2 heterocycles. The number of aromatic amines is 1. The summed E-state index contributed by atoms with van der Waals surface area (Å²) in [5.74, 6) is -2.62. The van der Waals surface area contributed by atoms with Crippen LogP contribution in [0.15, 0.2) is 24.3 Å². The monoisotopic (exact) mass is 345 g/mol. The standard InChI is InChI=1S/C15H19N3.C3H4O4/c1-3-18-9-8-14-13(10-18)15(17-16-14)12-6-4-11(2)5-7-12;4-2(5)1-3(6)7/h4-7H,3,8-10H2,1-2H3,(H,16,17);1H2,(H,4,5)(H,6,7). The third-order valence-corrected chi connectivity index (χ3v) is 4.09. The third kappa shape index (κ3) is 5.15. The summed E-state index contributed by atoms with van der Waals surface area (Å²) >= 11 is 0. The lowest BCUT2D eigenvalue weighted by molar-refractivity contribution is -0.147. The minimum absolute atomic E-state index is 0.806. The highest BCUT2D eigenvalue weighted by Crippen LogP contribution is 2.28. The molecule has 0 aliphatic carbocycles. The molecule has 134 valence electrons. The molecule has 0 fully saturated rings. The van der Waals surface area contributed by atoms with E-state index in [1.165, 1.54) is 22.4 Å². The highest BCUT2D eigenvalue weighted by Gasteiger charge is 2.21. The topological polar surface area (TPSA) is 107 Å². The van der Waals surface area contributed by atoms with Crippen molar-refractivity contribution in [2.45, 2.75) is 33.2 Å². The second-order valence-electron chi connectivity index (χ2n) is 5.98. The molecule has 1 aromatic carbocycles. The summed E-state index contributed by atoms with van der Waals surface area (Å²) < 4.78 is 0. The molecule has 0 amide bonds. The molecular formula is C18H23N3O4. The highest BCUT2D eigenvalue weighted by atomic mass is 16.4. The van der Waals surface area contributed by atoms with Gasteiger partial charge in [-0.2, -0.15) is 5.10 Å². The molecule has 0 spiro atoms. The number of carbonyl (C=O) groups is 2. The van der Waals surface area contributed by atoms with Crippen molar-refractivity contribution < 1.29 is 19.8 Å². The number of likely N-dealkylation sites (N-methyl/N-ethyl adjacent to an activating group) is 1. The van der Waals surface area contributed by atoms with Crippen LogP contribution >= 0.6 is 0 Å². The lowest BCUT2D eigenvalue weighted by Gasteiger charge is -2.25. The van der Waals surface area contributed by atoms with Crippen LogP contribution in [0, 0.1) is 6.92 Å². The van der Waals surface area contributed by atoms with E-state index in [1.54, 1.807) is 0 Å². The van der Waals surface area contributed by atoms with Crippen LogP contribution in [0.5, 0.6) is 0 Å². The van der Waals surface area contributed by atoms with E-state index < -0.39 is 18.4 Å². The summed E-state index contributed by atoms with van der Waals surface area (Å²) in [4.78, 5) is 21.3. The molecule has 0 radical (unpaired) electrons. The molecule has 7 heteroatoms. The molecular weight excluding hydrogens is 322 g/mol. The molecule has 0 atom stereocenters. The van der Waals surface area contributed by atoms with Gasteiger partial charge in [-0.05, 0) is 13.5 Å². The lowest BCUT2D eigenvalue weighted by Crippen LogP contribution is -2.30. The number of hydrogen-bond donors (Lipinski definition) is 3. The fraction of sp³-hybridized carbons (Fsp3) is 0.389. The SMILES string of the molecule is CCN1CCc2[nH]nc(-c3ccc(C)cc3)c2C1.O=C(O)CC(=O)O. The van der Waals surface area contributed by atoms with Crippen LogP contribution in [0.25, 0.3) is 11.3 Å². The number of nitrogens with one attached hydrogen (secondary N) is 1. The number of carboxylic acids is 2. The Morgan fingerprint density at radius 3 is 2.36 bits per heavy atom. The van der Waals surface area contributed by atoms with Crippen molar-refractivity contribution in [3.63, 3.8) is 0 Å². The van der Waals surface area contributed by atoms with Gasteiger partial charge >= 0.3 is 11.9 Å². The van der Waals surface area contributed by atoms with E-state index in [-0.39, 0.29) is 0 Å². The van der Waals surface area contributed by atoms with E-state index >= 15 is 0 Å². The number of H-pyrrole nitrogens is 1. The van der Waals surface area contributed by atoms with Crippen molar-refractivity contribution in [1.82, 2.24) is 15.1 Å². The zero-order valence-electron chi connectivity index (χ0n) is 14.5. The van der Waals surface area contributed by atoms with Crippen LogP contribution in [0.4, 0.5) is 0 Å². The van der Waals surface area contributed by atoms with E-state index in [9.17, 15) is 9.59 Å².